The maximum Gasteiger partial charge on any atom is 0.287 e. The molecule has 0 bridgehead atoms. The maximum absolute atomic E-state index is 12.6. The Labute approximate surface area is 143 Å². The molecule has 2 fully saturated rings. The van der Waals surface area contributed by atoms with Crippen LogP contribution in [0.3, 0.4) is 0 Å². The van der Waals surface area contributed by atoms with Crippen molar-refractivity contribution in [2.24, 2.45) is 5.92 Å². The van der Waals surface area contributed by atoms with Crippen LogP contribution in [-0.2, 0) is 0 Å². The first kappa shape index (κ1) is 15.7. The van der Waals surface area contributed by atoms with Crippen LogP contribution < -0.4 is 5.32 Å². The van der Waals surface area contributed by atoms with Crippen LogP contribution in [0.2, 0.25) is 0 Å². The number of para-hydroxylation sites is 1. The van der Waals surface area contributed by atoms with E-state index in [-0.39, 0.29) is 5.91 Å². The van der Waals surface area contributed by atoms with Crippen molar-refractivity contribution in [2.45, 2.75) is 45.1 Å². The van der Waals surface area contributed by atoms with E-state index in [2.05, 4.69) is 10.2 Å². The summed E-state index contributed by atoms with van der Waals surface area (Å²) in [6.07, 6.45) is 6.41. The highest BCUT2D eigenvalue weighted by Crippen LogP contribution is 2.30. The standard InChI is InChI=1S/C20H26N2O2/c1-14-16-8-2-3-10-18(16)24-19(14)20(23)21-13-15-7-6-12-22-11-5-4-9-17(15)22/h2-3,8,10,15,17H,4-7,9,11-13H2,1H3,(H,21,23)/t15-,17-/m0/s1. The Morgan fingerprint density at radius 1 is 1.21 bits per heavy atom. The third kappa shape index (κ3) is 2.84. The van der Waals surface area contributed by atoms with Crippen molar-refractivity contribution in [3.8, 4) is 0 Å². The zero-order valence-corrected chi connectivity index (χ0v) is 14.4. The molecule has 2 saturated heterocycles. The van der Waals surface area contributed by atoms with Gasteiger partial charge in [0.2, 0.25) is 0 Å². The fourth-order valence-electron chi connectivity index (χ4n) is 4.51. The van der Waals surface area contributed by atoms with Crippen molar-refractivity contribution >= 4 is 16.9 Å². The molecule has 3 heterocycles. The maximum atomic E-state index is 12.6. The van der Waals surface area contributed by atoms with Gasteiger partial charge in [0, 0.05) is 23.5 Å². The summed E-state index contributed by atoms with van der Waals surface area (Å²) in [4.78, 5) is 15.3. The van der Waals surface area contributed by atoms with E-state index >= 15 is 0 Å². The smallest absolute Gasteiger partial charge is 0.287 e. The molecule has 4 heteroatoms. The monoisotopic (exact) mass is 326 g/mol. The van der Waals surface area contributed by atoms with Gasteiger partial charge in [0.1, 0.15) is 5.58 Å². The number of nitrogens with one attached hydrogen (secondary N) is 1. The third-order valence-corrected chi connectivity index (χ3v) is 5.80. The molecule has 2 aromatic rings. The fraction of sp³-hybridized carbons (Fsp3) is 0.550. The Morgan fingerprint density at radius 2 is 2.04 bits per heavy atom. The number of furan rings is 1. The molecular weight excluding hydrogens is 300 g/mol. The highest BCUT2D eigenvalue weighted by atomic mass is 16.3. The van der Waals surface area contributed by atoms with Gasteiger partial charge in [-0.05, 0) is 57.7 Å². The van der Waals surface area contributed by atoms with Crippen LogP contribution in [-0.4, -0.2) is 36.5 Å². The number of carbonyl (C=O) groups is 1. The average Bonchev–Trinajstić information content (AvgIpc) is 2.97. The zero-order valence-electron chi connectivity index (χ0n) is 14.4. The SMILES string of the molecule is Cc1c(C(=O)NC[C@@H]2CCCN3CCCC[C@@H]23)oc2ccccc12. The number of hydrogen-bond donors (Lipinski definition) is 1. The number of piperidine rings is 2. The minimum atomic E-state index is -0.0726. The quantitative estimate of drug-likeness (QED) is 0.934. The fourth-order valence-corrected chi connectivity index (χ4v) is 4.51. The lowest BCUT2D eigenvalue weighted by Gasteiger charge is -2.44. The molecular formula is C20H26N2O2. The number of hydrogen-bond acceptors (Lipinski definition) is 3. The summed E-state index contributed by atoms with van der Waals surface area (Å²) in [5.74, 6) is 0.969. The van der Waals surface area contributed by atoms with E-state index in [1.54, 1.807) is 0 Å². The number of nitrogens with zero attached hydrogens (tertiary/aromatic N) is 1. The largest absolute Gasteiger partial charge is 0.451 e. The lowest BCUT2D eigenvalue weighted by atomic mass is 9.83. The molecule has 24 heavy (non-hydrogen) atoms. The Kier molecular flexibility index (Phi) is 4.31. The van der Waals surface area contributed by atoms with Crippen molar-refractivity contribution in [1.29, 1.82) is 0 Å². The molecule has 2 aliphatic heterocycles. The van der Waals surface area contributed by atoms with Gasteiger partial charge in [-0.3, -0.25) is 4.79 Å². The minimum absolute atomic E-state index is 0.0726. The molecule has 0 saturated carbocycles. The summed E-state index contributed by atoms with van der Waals surface area (Å²) in [5.41, 5.74) is 1.72. The number of amides is 1. The number of benzene rings is 1. The van der Waals surface area contributed by atoms with Crippen molar-refractivity contribution in [1.82, 2.24) is 10.2 Å². The number of rotatable bonds is 3. The molecule has 0 aliphatic carbocycles. The molecule has 0 unspecified atom stereocenters. The van der Waals surface area contributed by atoms with Gasteiger partial charge in [-0.2, -0.15) is 0 Å². The van der Waals surface area contributed by atoms with Gasteiger partial charge in [-0.25, -0.2) is 0 Å². The van der Waals surface area contributed by atoms with Gasteiger partial charge in [0.05, 0.1) is 0 Å². The normalized spacial score (nSPS) is 24.7. The first-order valence-electron chi connectivity index (χ1n) is 9.24. The summed E-state index contributed by atoms with van der Waals surface area (Å²) in [6.45, 7) is 5.19. The average molecular weight is 326 g/mol. The Balaban J connectivity index is 1.44. The van der Waals surface area contributed by atoms with Crippen LogP contribution in [0, 0.1) is 12.8 Å². The minimum Gasteiger partial charge on any atom is -0.451 e. The molecule has 1 amide bonds. The Hall–Kier alpha value is -1.81. The van der Waals surface area contributed by atoms with Crippen LogP contribution in [0.15, 0.2) is 28.7 Å². The molecule has 2 aliphatic rings. The van der Waals surface area contributed by atoms with Gasteiger partial charge >= 0.3 is 0 Å². The van der Waals surface area contributed by atoms with E-state index in [4.69, 9.17) is 4.42 Å². The van der Waals surface area contributed by atoms with Crippen LogP contribution in [0.25, 0.3) is 11.0 Å². The molecule has 1 aromatic heterocycles. The van der Waals surface area contributed by atoms with Crippen molar-refractivity contribution < 1.29 is 9.21 Å². The predicted molar refractivity (Wildman–Crippen MR) is 95.2 cm³/mol. The van der Waals surface area contributed by atoms with Crippen LogP contribution >= 0.6 is 0 Å². The van der Waals surface area contributed by atoms with Crippen LogP contribution in [0.4, 0.5) is 0 Å². The summed E-state index contributed by atoms with van der Waals surface area (Å²) in [5, 5.41) is 4.17. The van der Waals surface area contributed by atoms with Gasteiger partial charge < -0.3 is 14.6 Å². The second-order valence-electron chi connectivity index (χ2n) is 7.26. The lowest BCUT2D eigenvalue weighted by molar-refractivity contribution is 0.0572. The van der Waals surface area contributed by atoms with E-state index < -0.39 is 0 Å². The second kappa shape index (κ2) is 6.60. The molecule has 1 aromatic carbocycles. The topological polar surface area (TPSA) is 45.5 Å². The molecule has 0 spiro atoms. The lowest BCUT2D eigenvalue weighted by Crippen LogP contribution is -2.51. The molecule has 2 atom stereocenters. The number of carbonyl (C=O) groups excluding carboxylic acids is 1. The van der Waals surface area contributed by atoms with Crippen LogP contribution in [0.5, 0.6) is 0 Å². The zero-order chi connectivity index (χ0) is 16.5. The Morgan fingerprint density at radius 3 is 2.92 bits per heavy atom. The van der Waals surface area contributed by atoms with Gasteiger partial charge in [-0.15, -0.1) is 0 Å². The third-order valence-electron chi connectivity index (χ3n) is 5.80. The summed E-state index contributed by atoms with van der Waals surface area (Å²) >= 11 is 0. The molecule has 128 valence electrons. The van der Waals surface area contributed by atoms with Crippen molar-refractivity contribution in [3.63, 3.8) is 0 Å². The van der Waals surface area contributed by atoms with Gasteiger partial charge in [0.15, 0.2) is 5.76 Å². The highest BCUT2D eigenvalue weighted by Gasteiger charge is 2.33. The second-order valence-corrected chi connectivity index (χ2v) is 7.26. The van der Waals surface area contributed by atoms with E-state index in [1.807, 2.05) is 31.2 Å². The van der Waals surface area contributed by atoms with E-state index in [0.717, 1.165) is 23.1 Å². The molecule has 4 rings (SSSR count). The molecule has 4 nitrogen and oxygen atoms in total. The highest BCUT2D eigenvalue weighted by molar-refractivity contribution is 5.98. The molecule has 0 radical (unpaired) electrons. The van der Waals surface area contributed by atoms with Gasteiger partial charge in [-0.1, -0.05) is 24.6 Å². The molecule has 1 N–H and O–H groups in total. The van der Waals surface area contributed by atoms with Crippen LogP contribution in [0.1, 0.15) is 48.2 Å². The number of aryl methyl sites for hydroxylation is 1. The van der Waals surface area contributed by atoms with E-state index in [1.165, 1.54) is 45.2 Å². The summed E-state index contributed by atoms with van der Waals surface area (Å²) < 4.78 is 5.78. The first-order chi connectivity index (χ1) is 11.7. The van der Waals surface area contributed by atoms with Crippen molar-refractivity contribution in [3.05, 3.63) is 35.6 Å². The number of fused-ring (bicyclic) bond motifs is 2. The Bertz CT molecular complexity index is 734. The first-order valence-corrected chi connectivity index (χ1v) is 9.24. The summed E-state index contributed by atoms with van der Waals surface area (Å²) in [7, 11) is 0. The van der Waals surface area contributed by atoms with Crippen molar-refractivity contribution in [2.75, 3.05) is 19.6 Å². The summed E-state index contributed by atoms with van der Waals surface area (Å²) in [6, 6.07) is 8.50. The van der Waals surface area contributed by atoms with E-state index in [9.17, 15) is 4.79 Å². The predicted octanol–water partition coefficient (Wildman–Crippen LogP) is 3.74. The van der Waals surface area contributed by atoms with E-state index in [0.29, 0.717) is 17.7 Å². The van der Waals surface area contributed by atoms with Gasteiger partial charge in [0.25, 0.3) is 5.91 Å².